The zero-order valence-electron chi connectivity index (χ0n) is 16.6. The first-order valence-electron chi connectivity index (χ1n) is 11.0. The minimum Gasteiger partial charge on any atom is -0.459 e. The first-order valence-corrected chi connectivity index (χ1v) is 11.0. The average Bonchev–Trinajstić information content (AvgIpc) is 3.06. The van der Waals surface area contributed by atoms with Crippen LogP contribution in [0.1, 0.15) is 79.1 Å². The molecule has 0 radical (unpaired) electrons. The number of hydrogen-bond donors (Lipinski definition) is 0. The smallest absolute Gasteiger partial charge is 0.309 e. The van der Waals surface area contributed by atoms with Gasteiger partial charge in [-0.15, -0.1) is 0 Å². The molecule has 6 aliphatic carbocycles. The van der Waals surface area contributed by atoms with Crippen LogP contribution >= 0.6 is 0 Å². The van der Waals surface area contributed by atoms with Gasteiger partial charge in [-0.3, -0.25) is 4.79 Å². The largest absolute Gasteiger partial charge is 0.459 e. The van der Waals surface area contributed by atoms with Crippen molar-refractivity contribution in [2.75, 3.05) is 0 Å². The SMILES string of the molecule is CC1C2CC(C(=O)OC(C)(C)C34CC5CC(CC(C5)C3)C4)C(C2)C1C. The molecule has 0 aliphatic heterocycles. The first kappa shape index (κ1) is 16.6. The molecule has 25 heavy (non-hydrogen) atoms. The minimum atomic E-state index is -0.281. The van der Waals surface area contributed by atoms with Crippen molar-refractivity contribution in [3.05, 3.63) is 0 Å². The molecule has 2 heteroatoms. The summed E-state index contributed by atoms with van der Waals surface area (Å²) < 4.78 is 6.40. The summed E-state index contributed by atoms with van der Waals surface area (Å²) in [4.78, 5) is 13.2. The fraction of sp³-hybridized carbons (Fsp3) is 0.957. The van der Waals surface area contributed by atoms with E-state index in [2.05, 4.69) is 27.7 Å². The Morgan fingerprint density at radius 1 is 0.880 bits per heavy atom. The van der Waals surface area contributed by atoms with Gasteiger partial charge < -0.3 is 4.74 Å². The average molecular weight is 345 g/mol. The van der Waals surface area contributed by atoms with Gasteiger partial charge in [0.2, 0.25) is 0 Å². The lowest BCUT2D eigenvalue weighted by molar-refractivity contribution is -0.204. The molecular formula is C23H36O2. The Morgan fingerprint density at radius 2 is 1.44 bits per heavy atom. The number of rotatable bonds is 3. The van der Waals surface area contributed by atoms with E-state index in [9.17, 15) is 4.79 Å². The highest BCUT2D eigenvalue weighted by Crippen LogP contribution is 2.64. The normalized spacial score (nSPS) is 53.4. The van der Waals surface area contributed by atoms with Crippen LogP contribution in [0.25, 0.3) is 0 Å². The van der Waals surface area contributed by atoms with Crippen molar-refractivity contribution in [1.29, 1.82) is 0 Å². The molecule has 5 unspecified atom stereocenters. The summed E-state index contributed by atoms with van der Waals surface area (Å²) in [5.74, 6) is 5.90. The van der Waals surface area contributed by atoms with Crippen molar-refractivity contribution < 1.29 is 9.53 Å². The van der Waals surface area contributed by atoms with Gasteiger partial charge in [0.25, 0.3) is 0 Å². The second-order valence-electron chi connectivity index (χ2n) is 11.3. The lowest BCUT2D eigenvalue weighted by Gasteiger charge is -2.61. The molecule has 6 fully saturated rings. The van der Waals surface area contributed by atoms with Crippen LogP contribution in [-0.2, 0) is 9.53 Å². The third-order valence-electron chi connectivity index (χ3n) is 9.87. The predicted octanol–water partition coefficient (Wildman–Crippen LogP) is 5.45. The molecule has 0 amide bonds. The van der Waals surface area contributed by atoms with Gasteiger partial charge in [-0.25, -0.2) is 0 Å². The van der Waals surface area contributed by atoms with E-state index in [4.69, 9.17) is 4.74 Å². The highest BCUT2D eigenvalue weighted by Gasteiger charge is 2.60. The van der Waals surface area contributed by atoms with Crippen LogP contribution in [0.3, 0.4) is 0 Å². The van der Waals surface area contributed by atoms with Crippen molar-refractivity contribution in [3.8, 4) is 0 Å². The van der Waals surface area contributed by atoms with E-state index in [1.54, 1.807) is 0 Å². The molecule has 0 aromatic carbocycles. The molecule has 0 spiro atoms. The van der Waals surface area contributed by atoms with E-state index in [1.807, 2.05) is 0 Å². The van der Waals surface area contributed by atoms with Gasteiger partial charge in [-0.1, -0.05) is 13.8 Å². The Labute approximate surface area is 153 Å². The monoisotopic (exact) mass is 344 g/mol. The van der Waals surface area contributed by atoms with E-state index in [1.165, 1.54) is 44.9 Å². The van der Waals surface area contributed by atoms with E-state index in [0.29, 0.717) is 11.8 Å². The zero-order valence-corrected chi connectivity index (χ0v) is 16.6. The third-order valence-corrected chi connectivity index (χ3v) is 9.87. The number of esters is 1. The van der Waals surface area contributed by atoms with Gasteiger partial charge >= 0.3 is 5.97 Å². The Morgan fingerprint density at radius 3 is 1.92 bits per heavy atom. The lowest BCUT2D eigenvalue weighted by Crippen LogP contribution is -2.57. The van der Waals surface area contributed by atoms with Crippen LogP contribution in [-0.4, -0.2) is 11.6 Å². The lowest BCUT2D eigenvalue weighted by atomic mass is 9.46. The summed E-state index contributed by atoms with van der Waals surface area (Å²) >= 11 is 0. The van der Waals surface area contributed by atoms with Crippen LogP contribution in [0, 0.1) is 52.8 Å². The second-order valence-corrected chi connectivity index (χ2v) is 11.3. The van der Waals surface area contributed by atoms with Crippen molar-refractivity contribution in [3.63, 3.8) is 0 Å². The second kappa shape index (κ2) is 5.26. The summed E-state index contributed by atoms with van der Waals surface area (Å²) in [5, 5.41) is 0. The first-order chi connectivity index (χ1) is 11.8. The van der Waals surface area contributed by atoms with Crippen molar-refractivity contribution in [2.24, 2.45) is 52.8 Å². The molecule has 0 saturated heterocycles. The minimum absolute atomic E-state index is 0.145. The molecule has 0 heterocycles. The quantitative estimate of drug-likeness (QED) is 0.636. The summed E-state index contributed by atoms with van der Waals surface area (Å²) in [7, 11) is 0. The standard InChI is InChI=1S/C23H36O2/c1-13-14(2)19-8-18(13)9-20(19)21(24)25-22(3,4)23-10-15-5-16(11-23)7-17(6-15)12-23/h13-20H,5-12H2,1-4H3. The van der Waals surface area contributed by atoms with Gasteiger partial charge in [0.1, 0.15) is 5.60 Å². The molecule has 2 nitrogen and oxygen atoms in total. The Hall–Kier alpha value is -0.530. The molecule has 5 atom stereocenters. The maximum Gasteiger partial charge on any atom is 0.309 e. The van der Waals surface area contributed by atoms with Crippen LogP contribution < -0.4 is 0 Å². The Bertz CT molecular complexity index is 539. The Kier molecular flexibility index (Phi) is 3.50. The highest BCUT2D eigenvalue weighted by atomic mass is 16.6. The zero-order chi connectivity index (χ0) is 17.6. The molecule has 0 aromatic heterocycles. The molecule has 6 aliphatic rings. The van der Waals surface area contributed by atoms with Crippen molar-refractivity contribution in [1.82, 2.24) is 0 Å². The summed E-state index contributed by atoms with van der Waals surface area (Å²) in [6.45, 7) is 9.24. The van der Waals surface area contributed by atoms with Crippen molar-refractivity contribution in [2.45, 2.75) is 84.7 Å². The van der Waals surface area contributed by atoms with Gasteiger partial charge in [-0.2, -0.15) is 0 Å². The van der Waals surface area contributed by atoms with E-state index in [-0.39, 0.29) is 22.9 Å². The molecule has 6 saturated carbocycles. The molecule has 140 valence electrons. The van der Waals surface area contributed by atoms with Crippen LogP contribution in [0.2, 0.25) is 0 Å². The van der Waals surface area contributed by atoms with Crippen LogP contribution in [0.5, 0.6) is 0 Å². The molecular weight excluding hydrogens is 308 g/mol. The van der Waals surface area contributed by atoms with Gasteiger partial charge in [-0.05, 0) is 107 Å². The van der Waals surface area contributed by atoms with Crippen LogP contribution in [0.4, 0.5) is 0 Å². The summed E-state index contributed by atoms with van der Waals surface area (Å²) in [6.07, 6.45) is 10.6. The van der Waals surface area contributed by atoms with Crippen molar-refractivity contribution >= 4 is 5.97 Å². The molecule has 6 bridgehead atoms. The maximum absolute atomic E-state index is 13.2. The molecule has 6 rings (SSSR count). The van der Waals surface area contributed by atoms with E-state index < -0.39 is 0 Å². The topological polar surface area (TPSA) is 26.3 Å². The highest BCUT2D eigenvalue weighted by molar-refractivity contribution is 5.74. The molecule has 0 aromatic rings. The fourth-order valence-corrected chi connectivity index (χ4v) is 8.50. The number of hydrogen-bond acceptors (Lipinski definition) is 2. The van der Waals surface area contributed by atoms with Gasteiger partial charge in [0, 0.05) is 5.41 Å². The fourth-order valence-electron chi connectivity index (χ4n) is 8.50. The van der Waals surface area contributed by atoms with E-state index in [0.717, 1.165) is 36.0 Å². The summed E-state index contributed by atoms with van der Waals surface area (Å²) in [6, 6.07) is 0. The maximum atomic E-state index is 13.2. The number of carbonyl (C=O) groups excluding carboxylic acids is 1. The van der Waals surface area contributed by atoms with Crippen LogP contribution in [0.15, 0.2) is 0 Å². The number of ether oxygens (including phenoxy) is 1. The number of carbonyl (C=O) groups is 1. The molecule has 0 N–H and O–H groups in total. The predicted molar refractivity (Wildman–Crippen MR) is 98.8 cm³/mol. The number of fused-ring (bicyclic) bond motifs is 2. The Balaban J connectivity index is 1.33. The van der Waals surface area contributed by atoms with Gasteiger partial charge in [0.15, 0.2) is 0 Å². The summed E-state index contributed by atoms with van der Waals surface area (Å²) in [5.41, 5.74) is -0.00921. The van der Waals surface area contributed by atoms with E-state index >= 15 is 0 Å². The third kappa shape index (κ3) is 2.31. The van der Waals surface area contributed by atoms with Gasteiger partial charge in [0.05, 0.1) is 5.92 Å².